The average Bonchev–Trinajstić information content (AvgIpc) is 3.08. The first-order valence-corrected chi connectivity index (χ1v) is 8.78. The van der Waals surface area contributed by atoms with Crippen molar-refractivity contribution in [1.82, 2.24) is 25.3 Å². The van der Waals surface area contributed by atoms with Crippen molar-refractivity contribution in [3.05, 3.63) is 0 Å². The average molecular weight is 341 g/mol. The van der Waals surface area contributed by atoms with Crippen molar-refractivity contribution in [2.75, 3.05) is 60.5 Å². The fourth-order valence-corrected chi connectivity index (χ4v) is 3.54. The summed E-state index contributed by atoms with van der Waals surface area (Å²) in [6.07, 6.45) is 3.01. The maximum Gasteiger partial charge on any atom is 0.319 e. The van der Waals surface area contributed by atoms with Crippen LogP contribution < -0.4 is 10.6 Å². The fourth-order valence-electron chi connectivity index (χ4n) is 3.54. The Morgan fingerprint density at radius 2 is 1.88 bits per heavy atom. The number of urea groups is 2. The Morgan fingerprint density at radius 1 is 1.17 bits per heavy atom. The molecule has 8 heteroatoms. The van der Waals surface area contributed by atoms with Crippen molar-refractivity contribution in [2.24, 2.45) is 0 Å². The Balaban J connectivity index is 1.94. The van der Waals surface area contributed by atoms with Gasteiger partial charge in [-0.15, -0.1) is 0 Å². The third-order valence-electron chi connectivity index (χ3n) is 4.83. The predicted octanol–water partition coefficient (Wildman–Crippen LogP) is 0.152. The monoisotopic (exact) mass is 341 g/mol. The lowest BCUT2D eigenvalue weighted by Crippen LogP contribution is -2.51. The largest absolute Gasteiger partial charge is 0.381 e. The van der Waals surface area contributed by atoms with E-state index in [1.807, 2.05) is 4.90 Å². The van der Waals surface area contributed by atoms with Crippen molar-refractivity contribution < 1.29 is 14.3 Å². The normalized spacial score (nSPS) is 21.8. The lowest BCUT2D eigenvalue weighted by Gasteiger charge is -2.38. The summed E-state index contributed by atoms with van der Waals surface area (Å²) in [5, 5.41) is 5.44. The van der Waals surface area contributed by atoms with E-state index in [9.17, 15) is 9.59 Å². The van der Waals surface area contributed by atoms with Crippen molar-refractivity contribution in [1.29, 1.82) is 0 Å². The maximum atomic E-state index is 12.2. The summed E-state index contributed by atoms with van der Waals surface area (Å²) in [6, 6.07) is 0.735. The van der Waals surface area contributed by atoms with E-state index >= 15 is 0 Å². The molecular weight excluding hydrogens is 310 g/mol. The van der Waals surface area contributed by atoms with Crippen molar-refractivity contribution in [3.8, 4) is 0 Å². The Kier molecular flexibility index (Phi) is 7.11. The molecule has 0 saturated carbocycles. The zero-order valence-corrected chi connectivity index (χ0v) is 15.1. The maximum absolute atomic E-state index is 12.2. The van der Waals surface area contributed by atoms with Crippen LogP contribution in [0.25, 0.3) is 0 Å². The van der Waals surface area contributed by atoms with Gasteiger partial charge in [0.15, 0.2) is 0 Å². The molecular formula is C16H31N5O3. The minimum absolute atomic E-state index is 0.0768. The quantitative estimate of drug-likeness (QED) is 0.746. The number of hydrogen-bond acceptors (Lipinski definition) is 4. The molecule has 24 heavy (non-hydrogen) atoms. The number of likely N-dealkylation sites (tertiary alicyclic amines) is 1. The van der Waals surface area contributed by atoms with Crippen LogP contribution in [0, 0.1) is 0 Å². The highest BCUT2D eigenvalue weighted by atomic mass is 16.5. The van der Waals surface area contributed by atoms with Crippen LogP contribution in [0.3, 0.4) is 0 Å². The molecule has 138 valence electrons. The molecule has 0 aromatic heterocycles. The van der Waals surface area contributed by atoms with E-state index in [0.717, 1.165) is 52.1 Å². The van der Waals surface area contributed by atoms with Crippen molar-refractivity contribution >= 4 is 12.1 Å². The molecule has 2 aliphatic rings. The standard InChI is InChI=1S/C16H31N5O3/c1-17-15(22)18-7-9-21(13-5-10-24-11-6-13)14-4-8-20(12-14)16(23)19(2)3/h13-14H,4-12H2,1-3H3,(H2,17,18,22). The number of hydrogen-bond donors (Lipinski definition) is 2. The van der Waals surface area contributed by atoms with Gasteiger partial charge in [-0.05, 0) is 19.3 Å². The molecule has 0 aromatic carbocycles. The van der Waals surface area contributed by atoms with E-state index in [-0.39, 0.29) is 12.1 Å². The smallest absolute Gasteiger partial charge is 0.319 e. The van der Waals surface area contributed by atoms with E-state index in [4.69, 9.17) is 4.74 Å². The van der Waals surface area contributed by atoms with Gasteiger partial charge in [-0.2, -0.15) is 0 Å². The van der Waals surface area contributed by atoms with Gasteiger partial charge >= 0.3 is 12.1 Å². The van der Waals surface area contributed by atoms with Crippen LogP contribution >= 0.6 is 0 Å². The Hall–Kier alpha value is -1.54. The number of carbonyl (C=O) groups excluding carboxylic acids is 2. The van der Waals surface area contributed by atoms with Gasteiger partial charge in [0.05, 0.1) is 0 Å². The van der Waals surface area contributed by atoms with Crippen LogP contribution in [0.4, 0.5) is 9.59 Å². The topological polar surface area (TPSA) is 77.2 Å². The van der Waals surface area contributed by atoms with E-state index in [1.165, 1.54) is 0 Å². The van der Waals surface area contributed by atoms with Crippen molar-refractivity contribution in [3.63, 3.8) is 0 Å². The van der Waals surface area contributed by atoms with Gasteiger partial charge in [0.1, 0.15) is 0 Å². The zero-order chi connectivity index (χ0) is 17.5. The van der Waals surface area contributed by atoms with Crippen LogP contribution in [-0.2, 0) is 4.74 Å². The van der Waals surface area contributed by atoms with E-state index in [1.54, 1.807) is 26.0 Å². The number of nitrogens with zero attached hydrogens (tertiary/aromatic N) is 3. The molecule has 2 fully saturated rings. The van der Waals surface area contributed by atoms with Crippen molar-refractivity contribution in [2.45, 2.75) is 31.3 Å². The Morgan fingerprint density at radius 3 is 2.50 bits per heavy atom. The summed E-state index contributed by atoms with van der Waals surface area (Å²) in [4.78, 5) is 29.6. The van der Waals surface area contributed by atoms with Gasteiger partial charge in [-0.3, -0.25) is 4.90 Å². The second-order valence-corrected chi connectivity index (χ2v) is 6.65. The van der Waals surface area contributed by atoms with Gasteiger partial charge in [0.2, 0.25) is 0 Å². The number of nitrogens with one attached hydrogen (secondary N) is 2. The van der Waals surface area contributed by atoms with E-state index in [0.29, 0.717) is 18.6 Å². The molecule has 0 bridgehead atoms. The molecule has 0 radical (unpaired) electrons. The van der Waals surface area contributed by atoms with Crippen LogP contribution in [0.1, 0.15) is 19.3 Å². The molecule has 2 rings (SSSR count). The number of carbonyl (C=O) groups is 2. The molecule has 1 unspecified atom stereocenters. The molecule has 4 amide bonds. The van der Waals surface area contributed by atoms with Gasteiger partial charge < -0.3 is 25.2 Å². The molecule has 2 N–H and O–H groups in total. The minimum atomic E-state index is -0.155. The fraction of sp³-hybridized carbons (Fsp3) is 0.875. The SMILES string of the molecule is CNC(=O)NCCN(C1CCOCC1)C1CCN(C(=O)N(C)C)C1. The Bertz CT molecular complexity index is 426. The first kappa shape index (κ1) is 18.8. The molecule has 8 nitrogen and oxygen atoms in total. The second-order valence-electron chi connectivity index (χ2n) is 6.65. The Labute approximate surface area is 144 Å². The third-order valence-corrected chi connectivity index (χ3v) is 4.83. The highest BCUT2D eigenvalue weighted by molar-refractivity contribution is 5.74. The van der Waals surface area contributed by atoms with Gasteiger partial charge in [0.25, 0.3) is 0 Å². The first-order valence-electron chi connectivity index (χ1n) is 8.78. The molecule has 0 aliphatic carbocycles. The van der Waals surface area contributed by atoms with Crippen LogP contribution in [0.2, 0.25) is 0 Å². The highest BCUT2D eigenvalue weighted by Crippen LogP contribution is 2.23. The summed E-state index contributed by atoms with van der Waals surface area (Å²) >= 11 is 0. The third kappa shape index (κ3) is 4.98. The first-order chi connectivity index (χ1) is 11.5. The summed E-state index contributed by atoms with van der Waals surface area (Å²) in [5.74, 6) is 0. The summed E-state index contributed by atoms with van der Waals surface area (Å²) in [6.45, 7) is 4.54. The number of amides is 4. The lowest BCUT2D eigenvalue weighted by atomic mass is 10.0. The summed E-state index contributed by atoms with van der Waals surface area (Å²) < 4.78 is 5.49. The zero-order valence-electron chi connectivity index (χ0n) is 15.1. The van der Waals surface area contributed by atoms with Gasteiger partial charge in [0, 0.05) is 72.6 Å². The van der Waals surface area contributed by atoms with E-state index < -0.39 is 0 Å². The van der Waals surface area contributed by atoms with E-state index in [2.05, 4.69) is 15.5 Å². The lowest BCUT2D eigenvalue weighted by molar-refractivity contribution is 0.0191. The molecule has 0 aromatic rings. The predicted molar refractivity (Wildman–Crippen MR) is 92.1 cm³/mol. The minimum Gasteiger partial charge on any atom is -0.381 e. The second kappa shape index (κ2) is 9.08. The molecule has 2 heterocycles. The molecule has 0 spiro atoms. The molecule has 1 atom stereocenters. The summed E-state index contributed by atoms with van der Waals surface area (Å²) in [7, 11) is 5.20. The summed E-state index contributed by atoms with van der Waals surface area (Å²) in [5.41, 5.74) is 0. The number of ether oxygens (including phenoxy) is 1. The molecule has 2 saturated heterocycles. The van der Waals surface area contributed by atoms with Gasteiger partial charge in [-0.25, -0.2) is 9.59 Å². The van der Waals surface area contributed by atoms with Crippen LogP contribution in [0.5, 0.6) is 0 Å². The van der Waals surface area contributed by atoms with Crippen LogP contribution in [-0.4, -0.2) is 99.4 Å². The van der Waals surface area contributed by atoms with Gasteiger partial charge in [-0.1, -0.05) is 0 Å². The highest BCUT2D eigenvalue weighted by Gasteiger charge is 2.34. The van der Waals surface area contributed by atoms with Crippen LogP contribution in [0.15, 0.2) is 0 Å². The molecule has 2 aliphatic heterocycles. The number of rotatable bonds is 5.